The number of rotatable bonds is 3. The molecular formula is C17H18N4OS. The number of ether oxygens (including phenoxy) is 1. The van der Waals surface area contributed by atoms with Gasteiger partial charge in [-0.15, -0.1) is 11.3 Å². The van der Waals surface area contributed by atoms with Gasteiger partial charge >= 0.3 is 0 Å². The second-order valence-electron chi connectivity index (χ2n) is 5.50. The van der Waals surface area contributed by atoms with Crippen LogP contribution >= 0.6 is 11.3 Å². The molecule has 0 unspecified atom stereocenters. The van der Waals surface area contributed by atoms with Crippen molar-refractivity contribution in [1.82, 2.24) is 9.97 Å². The van der Waals surface area contributed by atoms with Crippen LogP contribution in [0.25, 0.3) is 10.2 Å². The zero-order valence-corrected chi connectivity index (χ0v) is 13.8. The number of fused-ring (bicyclic) bond motifs is 1. The van der Waals surface area contributed by atoms with Gasteiger partial charge in [0.15, 0.2) is 0 Å². The number of aromatic nitrogens is 2. The average molecular weight is 326 g/mol. The number of hydrogen-bond acceptors (Lipinski definition) is 6. The SMILES string of the molecule is COc1ccc(N2CCN(c3ncnc4ccsc34)CC2)cc1. The molecule has 3 heterocycles. The minimum absolute atomic E-state index is 0.897. The minimum Gasteiger partial charge on any atom is -0.497 e. The van der Waals surface area contributed by atoms with Crippen LogP contribution in [0, 0.1) is 0 Å². The molecule has 0 radical (unpaired) electrons. The molecule has 1 fully saturated rings. The molecule has 4 rings (SSSR count). The fraction of sp³-hybridized carbons (Fsp3) is 0.294. The van der Waals surface area contributed by atoms with Crippen LogP contribution in [0.1, 0.15) is 0 Å². The molecule has 2 aromatic heterocycles. The Labute approximate surface area is 139 Å². The van der Waals surface area contributed by atoms with E-state index in [9.17, 15) is 0 Å². The van der Waals surface area contributed by atoms with Gasteiger partial charge in [-0.2, -0.15) is 0 Å². The summed E-state index contributed by atoms with van der Waals surface area (Å²) in [6.45, 7) is 3.92. The molecular weight excluding hydrogens is 308 g/mol. The lowest BCUT2D eigenvalue weighted by Crippen LogP contribution is -2.46. The van der Waals surface area contributed by atoms with Gasteiger partial charge in [-0.1, -0.05) is 0 Å². The van der Waals surface area contributed by atoms with E-state index < -0.39 is 0 Å². The van der Waals surface area contributed by atoms with Gasteiger partial charge in [0.2, 0.25) is 0 Å². The number of piperazine rings is 1. The maximum Gasteiger partial charge on any atom is 0.150 e. The number of anilines is 2. The van der Waals surface area contributed by atoms with Gasteiger partial charge in [-0.3, -0.25) is 0 Å². The number of hydrogen-bond donors (Lipinski definition) is 0. The van der Waals surface area contributed by atoms with Crippen LogP contribution in [-0.4, -0.2) is 43.3 Å². The van der Waals surface area contributed by atoms with Crippen molar-refractivity contribution in [2.24, 2.45) is 0 Å². The molecule has 0 N–H and O–H groups in total. The van der Waals surface area contributed by atoms with Crippen LogP contribution < -0.4 is 14.5 Å². The number of methoxy groups -OCH3 is 1. The highest BCUT2D eigenvalue weighted by Crippen LogP contribution is 2.29. The van der Waals surface area contributed by atoms with Crippen LogP contribution in [0.2, 0.25) is 0 Å². The average Bonchev–Trinajstić information content (AvgIpc) is 3.11. The second kappa shape index (κ2) is 6.04. The zero-order valence-electron chi connectivity index (χ0n) is 13.0. The zero-order chi connectivity index (χ0) is 15.6. The van der Waals surface area contributed by atoms with E-state index in [1.807, 2.05) is 12.1 Å². The van der Waals surface area contributed by atoms with Gasteiger partial charge in [0.25, 0.3) is 0 Å². The summed E-state index contributed by atoms with van der Waals surface area (Å²) in [5.74, 6) is 1.97. The molecule has 0 saturated carbocycles. The summed E-state index contributed by atoms with van der Waals surface area (Å²) in [5.41, 5.74) is 2.28. The van der Waals surface area contributed by atoms with Gasteiger partial charge in [0, 0.05) is 31.9 Å². The molecule has 0 amide bonds. The van der Waals surface area contributed by atoms with Gasteiger partial charge < -0.3 is 14.5 Å². The lowest BCUT2D eigenvalue weighted by atomic mass is 10.2. The molecule has 6 heteroatoms. The van der Waals surface area contributed by atoms with Crippen molar-refractivity contribution in [2.75, 3.05) is 43.1 Å². The quantitative estimate of drug-likeness (QED) is 0.740. The highest BCUT2D eigenvalue weighted by Gasteiger charge is 2.20. The van der Waals surface area contributed by atoms with Crippen molar-refractivity contribution in [3.63, 3.8) is 0 Å². The van der Waals surface area contributed by atoms with E-state index in [-0.39, 0.29) is 0 Å². The van der Waals surface area contributed by atoms with Crippen LogP contribution in [0.4, 0.5) is 11.5 Å². The Morgan fingerprint density at radius 1 is 0.957 bits per heavy atom. The lowest BCUT2D eigenvalue weighted by molar-refractivity contribution is 0.415. The molecule has 3 aromatic rings. The summed E-state index contributed by atoms with van der Waals surface area (Å²) in [4.78, 5) is 13.6. The summed E-state index contributed by atoms with van der Waals surface area (Å²) in [6, 6.07) is 10.3. The van der Waals surface area contributed by atoms with E-state index in [2.05, 4.69) is 43.3 Å². The largest absolute Gasteiger partial charge is 0.497 e. The monoisotopic (exact) mass is 326 g/mol. The topological polar surface area (TPSA) is 41.5 Å². The third-order valence-electron chi connectivity index (χ3n) is 4.24. The van der Waals surface area contributed by atoms with E-state index in [0.717, 1.165) is 43.3 Å². The molecule has 0 bridgehead atoms. The van der Waals surface area contributed by atoms with Crippen molar-refractivity contribution in [3.05, 3.63) is 42.0 Å². The smallest absolute Gasteiger partial charge is 0.150 e. The Balaban J connectivity index is 1.49. The molecule has 1 aromatic carbocycles. The highest BCUT2D eigenvalue weighted by molar-refractivity contribution is 7.17. The summed E-state index contributed by atoms with van der Waals surface area (Å²) in [6.07, 6.45) is 1.67. The van der Waals surface area contributed by atoms with Crippen molar-refractivity contribution in [2.45, 2.75) is 0 Å². The summed E-state index contributed by atoms with van der Waals surface area (Å²) in [5, 5.41) is 2.08. The van der Waals surface area contributed by atoms with Gasteiger partial charge in [0.1, 0.15) is 17.9 Å². The van der Waals surface area contributed by atoms with Crippen LogP contribution in [0.3, 0.4) is 0 Å². The predicted octanol–water partition coefficient (Wildman–Crippen LogP) is 3.03. The summed E-state index contributed by atoms with van der Waals surface area (Å²) in [7, 11) is 1.70. The van der Waals surface area contributed by atoms with E-state index in [4.69, 9.17) is 4.74 Å². The number of nitrogens with zero attached hydrogens (tertiary/aromatic N) is 4. The Bertz CT molecular complexity index is 794. The van der Waals surface area contributed by atoms with Crippen LogP contribution in [-0.2, 0) is 0 Å². The molecule has 1 aliphatic heterocycles. The van der Waals surface area contributed by atoms with Crippen LogP contribution in [0.15, 0.2) is 42.0 Å². The fourth-order valence-corrected chi connectivity index (χ4v) is 3.83. The molecule has 23 heavy (non-hydrogen) atoms. The third-order valence-corrected chi connectivity index (χ3v) is 5.14. The first kappa shape index (κ1) is 14.3. The Morgan fingerprint density at radius 3 is 2.43 bits per heavy atom. The van der Waals surface area contributed by atoms with E-state index >= 15 is 0 Å². The normalized spacial score (nSPS) is 15.2. The predicted molar refractivity (Wildman–Crippen MR) is 94.8 cm³/mol. The molecule has 5 nitrogen and oxygen atoms in total. The molecule has 1 aliphatic rings. The summed E-state index contributed by atoms with van der Waals surface area (Å²) >= 11 is 1.71. The maximum atomic E-state index is 5.22. The molecule has 0 spiro atoms. The number of thiophene rings is 1. The Morgan fingerprint density at radius 2 is 1.70 bits per heavy atom. The van der Waals surface area contributed by atoms with E-state index in [0.29, 0.717) is 0 Å². The Hall–Kier alpha value is -2.34. The molecule has 0 aliphatic carbocycles. The first-order valence-corrected chi connectivity index (χ1v) is 8.55. The third kappa shape index (κ3) is 2.70. The second-order valence-corrected chi connectivity index (χ2v) is 6.42. The Kier molecular flexibility index (Phi) is 3.75. The van der Waals surface area contributed by atoms with Gasteiger partial charge in [-0.25, -0.2) is 9.97 Å². The van der Waals surface area contributed by atoms with E-state index in [1.54, 1.807) is 24.8 Å². The fourth-order valence-electron chi connectivity index (χ4n) is 2.97. The lowest BCUT2D eigenvalue weighted by Gasteiger charge is -2.36. The van der Waals surface area contributed by atoms with E-state index in [1.165, 1.54) is 10.4 Å². The molecule has 0 atom stereocenters. The number of benzene rings is 1. The first-order valence-electron chi connectivity index (χ1n) is 7.67. The van der Waals surface area contributed by atoms with Crippen molar-refractivity contribution < 1.29 is 4.74 Å². The van der Waals surface area contributed by atoms with Crippen molar-refractivity contribution >= 4 is 33.1 Å². The summed E-state index contributed by atoms with van der Waals surface area (Å²) < 4.78 is 6.41. The van der Waals surface area contributed by atoms with Crippen molar-refractivity contribution in [1.29, 1.82) is 0 Å². The maximum absolute atomic E-state index is 5.22. The standard InChI is InChI=1S/C17H18N4OS/c1-22-14-4-2-13(3-5-14)20-7-9-21(10-8-20)17-16-15(6-11-23-16)18-12-19-17/h2-6,11-12H,7-10H2,1H3. The van der Waals surface area contributed by atoms with Gasteiger partial charge in [0.05, 0.1) is 17.3 Å². The van der Waals surface area contributed by atoms with Crippen LogP contribution in [0.5, 0.6) is 5.75 Å². The highest BCUT2D eigenvalue weighted by atomic mass is 32.1. The first-order chi connectivity index (χ1) is 11.3. The molecule has 118 valence electrons. The minimum atomic E-state index is 0.897. The van der Waals surface area contributed by atoms with Gasteiger partial charge in [-0.05, 0) is 35.7 Å². The molecule has 1 saturated heterocycles. The van der Waals surface area contributed by atoms with Crippen molar-refractivity contribution in [3.8, 4) is 5.75 Å².